The number of nitrogens with one attached hydrogen (secondary N) is 1. The predicted octanol–water partition coefficient (Wildman–Crippen LogP) is 2.45. The summed E-state index contributed by atoms with van der Waals surface area (Å²) in [4.78, 5) is 24.4. The van der Waals surface area contributed by atoms with E-state index in [4.69, 9.17) is 9.15 Å². The average molecular weight is 378 g/mol. The Kier molecular flexibility index (Phi) is 4.94. The van der Waals surface area contributed by atoms with Gasteiger partial charge in [0.2, 0.25) is 11.0 Å². The molecule has 1 amide bonds. The van der Waals surface area contributed by atoms with Crippen molar-refractivity contribution >= 4 is 33.5 Å². The van der Waals surface area contributed by atoms with Gasteiger partial charge in [-0.05, 0) is 13.0 Å². The Morgan fingerprint density at radius 3 is 2.85 bits per heavy atom. The number of nitrogens with zero attached hydrogens (tertiary/aromatic N) is 3. The van der Waals surface area contributed by atoms with Crippen molar-refractivity contribution in [1.82, 2.24) is 15.0 Å². The lowest BCUT2D eigenvalue weighted by atomic mass is 10.2. The molecule has 0 aliphatic rings. The molecule has 3 rings (SSSR count). The number of fused-ring (bicyclic) bond motifs is 1. The number of ether oxygens (including phenoxy) is 1. The normalized spacial score (nSPS) is 12.2. The first-order valence-electron chi connectivity index (χ1n) is 7.60. The molecular formula is C16H15FN4O4S. The van der Waals surface area contributed by atoms with Gasteiger partial charge in [-0.2, -0.15) is 4.98 Å². The van der Waals surface area contributed by atoms with Crippen LogP contribution in [0.5, 0.6) is 5.88 Å². The molecule has 0 fully saturated rings. The number of carbonyl (C=O) groups is 1. The van der Waals surface area contributed by atoms with Crippen LogP contribution in [0.2, 0.25) is 0 Å². The largest absolute Gasteiger partial charge is 0.477 e. The molecule has 0 spiro atoms. The maximum Gasteiger partial charge on any atom is 0.262 e. The first-order chi connectivity index (χ1) is 12.4. The van der Waals surface area contributed by atoms with Gasteiger partial charge >= 0.3 is 0 Å². The van der Waals surface area contributed by atoms with Gasteiger partial charge in [-0.25, -0.2) is 14.4 Å². The fraction of sp³-hybridized carbons (Fsp3) is 0.250. The molecular weight excluding hydrogens is 363 g/mol. The molecule has 2 heterocycles. The highest BCUT2D eigenvalue weighted by molar-refractivity contribution is 7.84. The molecule has 2 aromatic heterocycles. The number of hydrogen-bond acceptors (Lipinski definition) is 7. The van der Waals surface area contributed by atoms with E-state index in [0.717, 1.165) is 6.07 Å². The quantitative estimate of drug-likeness (QED) is 0.680. The molecule has 1 unspecified atom stereocenters. The van der Waals surface area contributed by atoms with Crippen LogP contribution in [-0.4, -0.2) is 37.9 Å². The van der Waals surface area contributed by atoms with Crippen molar-refractivity contribution < 1.29 is 22.5 Å². The minimum Gasteiger partial charge on any atom is -0.477 e. The van der Waals surface area contributed by atoms with Crippen LogP contribution in [0.15, 0.2) is 27.9 Å². The molecule has 1 N–H and O–H groups in total. The van der Waals surface area contributed by atoms with E-state index in [1.54, 1.807) is 13.8 Å². The van der Waals surface area contributed by atoms with Crippen molar-refractivity contribution in [2.24, 2.45) is 0 Å². The molecule has 0 aliphatic heterocycles. The van der Waals surface area contributed by atoms with E-state index in [1.807, 2.05) is 0 Å². The van der Waals surface area contributed by atoms with E-state index in [0.29, 0.717) is 5.89 Å². The smallest absolute Gasteiger partial charge is 0.262 e. The van der Waals surface area contributed by atoms with Gasteiger partial charge in [0.15, 0.2) is 17.3 Å². The molecule has 1 aromatic carbocycles. The van der Waals surface area contributed by atoms with Crippen LogP contribution in [-0.2, 0) is 10.8 Å². The Morgan fingerprint density at radius 2 is 2.15 bits per heavy atom. The Balaban J connectivity index is 1.93. The number of oxazole rings is 1. The van der Waals surface area contributed by atoms with Crippen LogP contribution >= 0.6 is 0 Å². The number of aryl methyl sites for hydroxylation is 1. The van der Waals surface area contributed by atoms with E-state index >= 15 is 0 Å². The monoisotopic (exact) mass is 378 g/mol. The summed E-state index contributed by atoms with van der Waals surface area (Å²) in [5.41, 5.74) is 0.529. The first-order valence-corrected chi connectivity index (χ1v) is 9.16. The summed E-state index contributed by atoms with van der Waals surface area (Å²) in [6.07, 6.45) is 2.64. The standard InChI is InChI=1S/C16H15FN4O4S/c1-4-24-15-10(7-18-16(21-15)26(3)23)14(22)20-9-5-11(17)13-12(6-9)25-8(2)19-13/h5-7H,4H2,1-3H3,(H,20,22). The third-order valence-electron chi connectivity index (χ3n) is 3.33. The fourth-order valence-corrected chi connectivity index (χ4v) is 2.67. The fourth-order valence-electron chi connectivity index (χ4n) is 2.26. The van der Waals surface area contributed by atoms with Gasteiger partial charge in [-0.3, -0.25) is 9.00 Å². The van der Waals surface area contributed by atoms with Crippen molar-refractivity contribution in [3.05, 3.63) is 35.6 Å². The van der Waals surface area contributed by atoms with E-state index < -0.39 is 22.5 Å². The minimum atomic E-state index is -1.42. The number of amides is 1. The number of carbonyl (C=O) groups excluding carboxylic acids is 1. The highest BCUT2D eigenvalue weighted by atomic mass is 32.2. The van der Waals surface area contributed by atoms with Crippen molar-refractivity contribution in [2.75, 3.05) is 18.2 Å². The van der Waals surface area contributed by atoms with Gasteiger partial charge in [0.05, 0.1) is 17.4 Å². The Morgan fingerprint density at radius 1 is 1.38 bits per heavy atom. The maximum atomic E-state index is 14.1. The van der Waals surface area contributed by atoms with Crippen molar-refractivity contribution in [1.29, 1.82) is 0 Å². The van der Waals surface area contributed by atoms with Crippen LogP contribution in [0.3, 0.4) is 0 Å². The van der Waals surface area contributed by atoms with E-state index in [-0.39, 0.29) is 40.0 Å². The SMILES string of the molecule is CCOc1nc(S(C)=O)ncc1C(=O)Nc1cc(F)c2nc(C)oc2c1. The molecule has 26 heavy (non-hydrogen) atoms. The van der Waals surface area contributed by atoms with Crippen LogP contribution in [0.25, 0.3) is 11.1 Å². The number of rotatable bonds is 5. The number of anilines is 1. The average Bonchev–Trinajstić information content (AvgIpc) is 2.96. The molecule has 0 bridgehead atoms. The van der Waals surface area contributed by atoms with Crippen molar-refractivity contribution in [3.8, 4) is 5.88 Å². The summed E-state index contributed by atoms with van der Waals surface area (Å²) in [6, 6.07) is 2.60. The van der Waals surface area contributed by atoms with Crippen LogP contribution in [0, 0.1) is 12.7 Å². The zero-order valence-electron chi connectivity index (χ0n) is 14.2. The van der Waals surface area contributed by atoms with E-state index in [9.17, 15) is 13.4 Å². The van der Waals surface area contributed by atoms with Crippen molar-refractivity contribution in [3.63, 3.8) is 0 Å². The summed E-state index contributed by atoms with van der Waals surface area (Å²) in [6.45, 7) is 3.58. The highest BCUT2D eigenvalue weighted by Crippen LogP contribution is 2.25. The summed E-state index contributed by atoms with van der Waals surface area (Å²) in [5.74, 6) is -0.899. The second kappa shape index (κ2) is 7.16. The highest BCUT2D eigenvalue weighted by Gasteiger charge is 2.19. The van der Waals surface area contributed by atoms with Crippen molar-refractivity contribution in [2.45, 2.75) is 19.0 Å². The molecule has 136 valence electrons. The topological polar surface area (TPSA) is 107 Å². The number of aromatic nitrogens is 3. The summed E-state index contributed by atoms with van der Waals surface area (Å²) in [5, 5.41) is 2.60. The van der Waals surface area contributed by atoms with Crippen LogP contribution in [0.4, 0.5) is 10.1 Å². The van der Waals surface area contributed by atoms with E-state index in [2.05, 4.69) is 20.3 Å². The van der Waals surface area contributed by atoms with Gasteiger partial charge in [0.25, 0.3) is 5.91 Å². The summed E-state index contributed by atoms with van der Waals surface area (Å²) in [7, 11) is -1.42. The van der Waals surface area contributed by atoms with Gasteiger partial charge < -0.3 is 14.5 Å². The molecule has 0 radical (unpaired) electrons. The zero-order chi connectivity index (χ0) is 18.8. The third-order valence-corrected chi connectivity index (χ3v) is 4.04. The lowest BCUT2D eigenvalue weighted by molar-refractivity contribution is 0.102. The van der Waals surface area contributed by atoms with Crippen LogP contribution in [0.1, 0.15) is 23.2 Å². The molecule has 0 saturated heterocycles. The lowest BCUT2D eigenvalue weighted by Crippen LogP contribution is -2.16. The number of halogens is 1. The molecule has 0 aliphatic carbocycles. The minimum absolute atomic E-state index is 0.00209. The third kappa shape index (κ3) is 3.54. The molecule has 3 aromatic rings. The Labute approximate surface area is 150 Å². The predicted molar refractivity (Wildman–Crippen MR) is 92.2 cm³/mol. The summed E-state index contributed by atoms with van der Waals surface area (Å²) >= 11 is 0. The summed E-state index contributed by atoms with van der Waals surface area (Å²) < 4.78 is 36.2. The maximum absolute atomic E-state index is 14.1. The Bertz CT molecular complexity index is 1020. The zero-order valence-corrected chi connectivity index (χ0v) is 15.0. The molecule has 0 saturated carbocycles. The number of benzene rings is 1. The molecule has 10 heteroatoms. The first kappa shape index (κ1) is 17.9. The van der Waals surface area contributed by atoms with Gasteiger partial charge in [0, 0.05) is 31.1 Å². The van der Waals surface area contributed by atoms with Gasteiger partial charge in [-0.1, -0.05) is 0 Å². The van der Waals surface area contributed by atoms with Gasteiger partial charge in [0.1, 0.15) is 11.1 Å². The molecule has 8 nitrogen and oxygen atoms in total. The lowest BCUT2D eigenvalue weighted by Gasteiger charge is -2.10. The van der Waals surface area contributed by atoms with Crippen LogP contribution < -0.4 is 10.1 Å². The molecule has 1 atom stereocenters. The van der Waals surface area contributed by atoms with E-state index in [1.165, 1.54) is 18.5 Å². The second-order valence-electron chi connectivity index (χ2n) is 5.25. The van der Waals surface area contributed by atoms with Gasteiger partial charge in [-0.15, -0.1) is 0 Å². The second-order valence-corrected chi connectivity index (χ2v) is 6.52. The Hall–Kier alpha value is -2.88. The number of hydrogen-bond donors (Lipinski definition) is 1.